The molecule has 1 amide bonds. The lowest BCUT2D eigenvalue weighted by Crippen LogP contribution is -2.45. The van der Waals surface area contributed by atoms with Crippen molar-refractivity contribution in [1.29, 1.82) is 0 Å². The predicted octanol–water partition coefficient (Wildman–Crippen LogP) is 2.29. The summed E-state index contributed by atoms with van der Waals surface area (Å²) >= 11 is 2.74. The SMILES string of the molecule is CC1SCC(C(=O)O)N1C(=O)CSc1ccc(F)cc1. The van der Waals surface area contributed by atoms with Crippen LogP contribution in [0.1, 0.15) is 6.92 Å². The molecular weight excluding hydrogens is 301 g/mol. The van der Waals surface area contributed by atoms with Crippen molar-refractivity contribution in [2.24, 2.45) is 0 Å². The number of carbonyl (C=O) groups is 2. The van der Waals surface area contributed by atoms with Crippen LogP contribution in [0.5, 0.6) is 0 Å². The third-order valence-corrected chi connectivity index (χ3v) is 5.19. The molecule has 0 spiro atoms. The van der Waals surface area contributed by atoms with Crippen LogP contribution in [0.3, 0.4) is 0 Å². The molecule has 0 aliphatic carbocycles. The van der Waals surface area contributed by atoms with Gasteiger partial charge in [0, 0.05) is 10.6 Å². The van der Waals surface area contributed by atoms with Crippen molar-refractivity contribution in [2.45, 2.75) is 23.2 Å². The number of carboxylic acids is 1. The Morgan fingerprint density at radius 2 is 2.10 bits per heavy atom. The van der Waals surface area contributed by atoms with E-state index in [1.807, 2.05) is 6.92 Å². The van der Waals surface area contributed by atoms with Crippen molar-refractivity contribution in [1.82, 2.24) is 4.90 Å². The highest BCUT2D eigenvalue weighted by Gasteiger charge is 2.39. The van der Waals surface area contributed by atoms with E-state index in [0.29, 0.717) is 5.75 Å². The van der Waals surface area contributed by atoms with Crippen LogP contribution in [0, 0.1) is 5.82 Å². The number of carbonyl (C=O) groups excluding carboxylic acids is 1. The number of rotatable bonds is 4. The van der Waals surface area contributed by atoms with Crippen LogP contribution in [-0.4, -0.2) is 44.8 Å². The Balaban J connectivity index is 1.97. The lowest BCUT2D eigenvalue weighted by molar-refractivity contribution is -0.147. The summed E-state index contributed by atoms with van der Waals surface area (Å²) in [5.41, 5.74) is 0. The van der Waals surface area contributed by atoms with E-state index >= 15 is 0 Å². The molecule has 1 aromatic rings. The summed E-state index contributed by atoms with van der Waals surface area (Å²) < 4.78 is 12.8. The van der Waals surface area contributed by atoms with E-state index in [9.17, 15) is 14.0 Å². The number of nitrogens with zero attached hydrogens (tertiary/aromatic N) is 1. The minimum atomic E-state index is -0.970. The third-order valence-electron chi connectivity index (χ3n) is 2.97. The van der Waals surface area contributed by atoms with Gasteiger partial charge in [-0.05, 0) is 31.2 Å². The van der Waals surface area contributed by atoms with Crippen LogP contribution in [0.2, 0.25) is 0 Å². The average Bonchev–Trinajstić information content (AvgIpc) is 2.80. The molecule has 2 rings (SSSR count). The first-order chi connectivity index (χ1) is 9.49. The van der Waals surface area contributed by atoms with Gasteiger partial charge in [0.1, 0.15) is 11.9 Å². The number of halogens is 1. The van der Waals surface area contributed by atoms with Crippen molar-refractivity contribution in [3.8, 4) is 0 Å². The Morgan fingerprint density at radius 1 is 1.45 bits per heavy atom. The maximum Gasteiger partial charge on any atom is 0.327 e. The molecule has 0 radical (unpaired) electrons. The molecule has 1 aliphatic heterocycles. The summed E-state index contributed by atoms with van der Waals surface area (Å²) in [7, 11) is 0. The lowest BCUT2D eigenvalue weighted by atomic mass is 10.3. The molecule has 1 fully saturated rings. The van der Waals surface area contributed by atoms with Gasteiger partial charge in [-0.15, -0.1) is 23.5 Å². The molecule has 20 heavy (non-hydrogen) atoms. The molecule has 1 N–H and O–H groups in total. The molecular formula is C13H14FNO3S2. The van der Waals surface area contributed by atoms with Crippen LogP contribution in [-0.2, 0) is 9.59 Å². The summed E-state index contributed by atoms with van der Waals surface area (Å²) in [4.78, 5) is 25.5. The van der Waals surface area contributed by atoms with Crippen molar-refractivity contribution in [3.63, 3.8) is 0 Å². The van der Waals surface area contributed by atoms with Gasteiger partial charge in [0.15, 0.2) is 0 Å². The topological polar surface area (TPSA) is 57.6 Å². The molecule has 1 saturated heterocycles. The summed E-state index contributed by atoms with van der Waals surface area (Å²) in [6, 6.07) is 5.12. The van der Waals surface area contributed by atoms with Crippen molar-refractivity contribution in [3.05, 3.63) is 30.1 Å². The molecule has 0 aromatic heterocycles. The van der Waals surface area contributed by atoms with E-state index < -0.39 is 12.0 Å². The third kappa shape index (κ3) is 3.46. The van der Waals surface area contributed by atoms with E-state index in [-0.39, 0.29) is 22.9 Å². The summed E-state index contributed by atoms with van der Waals surface area (Å²) in [5, 5.41) is 8.98. The van der Waals surface area contributed by atoms with Gasteiger partial charge in [-0.2, -0.15) is 0 Å². The smallest absolute Gasteiger partial charge is 0.327 e. The second-order valence-corrected chi connectivity index (χ2v) is 6.73. The normalized spacial score (nSPS) is 22.0. The van der Waals surface area contributed by atoms with E-state index in [2.05, 4.69) is 0 Å². The van der Waals surface area contributed by atoms with E-state index in [1.54, 1.807) is 12.1 Å². The fourth-order valence-electron chi connectivity index (χ4n) is 1.96. The van der Waals surface area contributed by atoms with Crippen molar-refractivity contribution in [2.75, 3.05) is 11.5 Å². The standard InChI is InChI=1S/C13H14FNO3S2/c1-8-15(11(6-19-8)13(17)18)12(16)7-20-10-4-2-9(14)3-5-10/h2-5,8,11H,6-7H2,1H3,(H,17,18). The molecule has 0 bridgehead atoms. The van der Waals surface area contributed by atoms with Gasteiger partial charge in [0.25, 0.3) is 0 Å². The van der Waals surface area contributed by atoms with Gasteiger partial charge in [0.2, 0.25) is 5.91 Å². The van der Waals surface area contributed by atoms with Crippen LogP contribution in [0.25, 0.3) is 0 Å². The van der Waals surface area contributed by atoms with Crippen LogP contribution in [0.15, 0.2) is 29.2 Å². The number of aliphatic carboxylic acids is 1. The average molecular weight is 315 g/mol. The highest BCUT2D eigenvalue weighted by Crippen LogP contribution is 2.30. The molecule has 108 valence electrons. The van der Waals surface area contributed by atoms with Gasteiger partial charge < -0.3 is 10.0 Å². The molecule has 1 heterocycles. The number of benzene rings is 1. The quantitative estimate of drug-likeness (QED) is 0.864. The van der Waals surface area contributed by atoms with Crippen molar-refractivity contribution < 1.29 is 19.1 Å². The number of hydrogen-bond acceptors (Lipinski definition) is 4. The Bertz CT molecular complexity index is 509. The Hall–Kier alpha value is -1.21. The molecule has 1 aliphatic rings. The summed E-state index contributed by atoms with van der Waals surface area (Å²) in [6.45, 7) is 1.83. The Kier molecular flexibility index (Phi) is 4.93. The molecule has 7 heteroatoms. The van der Waals surface area contributed by atoms with Gasteiger partial charge in [-0.1, -0.05) is 0 Å². The largest absolute Gasteiger partial charge is 0.480 e. The van der Waals surface area contributed by atoms with E-state index in [4.69, 9.17) is 5.11 Å². The predicted molar refractivity (Wildman–Crippen MR) is 77.3 cm³/mol. The fraction of sp³-hybridized carbons (Fsp3) is 0.385. The Morgan fingerprint density at radius 3 is 2.70 bits per heavy atom. The van der Waals surface area contributed by atoms with E-state index in [0.717, 1.165) is 4.90 Å². The second-order valence-electron chi connectivity index (χ2n) is 4.33. The number of hydrogen-bond donors (Lipinski definition) is 1. The number of amides is 1. The molecule has 2 atom stereocenters. The zero-order valence-corrected chi connectivity index (χ0v) is 12.4. The zero-order chi connectivity index (χ0) is 14.7. The minimum Gasteiger partial charge on any atom is -0.480 e. The maximum absolute atomic E-state index is 12.8. The molecule has 1 aromatic carbocycles. The lowest BCUT2D eigenvalue weighted by Gasteiger charge is -2.24. The molecule has 0 saturated carbocycles. The van der Waals surface area contributed by atoms with E-state index in [1.165, 1.54) is 40.6 Å². The van der Waals surface area contributed by atoms with Gasteiger partial charge in [-0.25, -0.2) is 9.18 Å². The van der Waals surface area contributed by atoms with Crippen molar-refractivity contribution >= 4 is 35.4 Å². The first-order valence-corrected chi connectivity index (χ1v) is 8.06. The molecule has 2 unspecified atom stereocenters. The first-order valence-electron chi connectivity index (χ1n) is 6.03. The summed E-state index contributed by atoms with van der Waals surface area (Å²) in [6.07, 6.45) is 0. The zero-order valence-electron chi connectivity index (χ0n) is 10.8. The van der Waals surface area contributed by atoms with Crippen LogP contribution in [0.4, 0.5) is 4.39 Å². The van der Waals surface area contributed by atoms with Gasteiger partial charge >= 0.3 is 5.97 Å². The first kappa shape index (κ1) is 15.2. The minimum absolute atomic E-state index is 0.127. The van der Waals surface area contributed by atoms with Crippen LogP contribution < -0.4 is 0 Å². The fourth-order valence-corrected chi connectivity index (χ4v) is 3.92. The maximum atomic E-state index is 12.8. The number of carboxylic acid groups (broad SMARTS) is 1. The van der Waals surface area contributed by atoms with Crippen LogP contribution >= 0.6 is 23.5 Å². The Labute approximate surface area is 124 Å². The molecule has 4 nitrogen and oxygen atoms in total. The summed E-state index contributed by atoms with van der Waals surface area (Å²) in [5.74, 6) is -0.925. The number of thioether (sulfide) groups is 2. The monoisotopic (exact) mass is 315 g/mol. The highest BCUT2D eigenvalue weighted by atomic mass is 32.2. The van der Waals surface area contributed by atoms with Gasteiger partial charge in [-0.3, -0.25) is 4.79 Å². The second kappa shape index (κ2) is 6.49. The highest BCUT2D eigenvalue weighted by molar-refractivity contribution is 8.00. The van der Waals surface area contributed by atoms with Gasteiger partial charge in [0.05, 0.1) is 11.1 Å².